The highest BCUT2D eigenvalue weighted by Gasteiger charge is 2.08. The minimum Gasteiger partial charge on any atom is -0.508 e. The quantitative estimate of drug-likeness (QED) is 0.897. The monoisotopic (exact) mass is 259 g/mol. The molecular formula is C14H10ClNO2. The van der Waals surface area contributed by atoms with Crippen molar-refractivity contribution < 1.29 is 9.84 Å². The number of hydrogen-bond donors (Lipinski definition) is 1. The Morgan fingerprint density at radius 1 is 1.22 bits per heavy atom. The summed E-state index contributed by atoms with van der Waals surface area (Å²) in [6.45, 7) is 0. The smallest absolute Gasteiger partial charge is 0.128 e. The molecule has 0 aromatic heterocycles. The Kier molecular flexibility index (Phi) is 3.40. The Morgan fingerprint density at radius 3 is 2.67 bits per heavy atom. The van der Waals surface area contributed by atoms with E-state index in [1.54, 1.807) is 37.4 Å². The topological polar surface area (TPSA) is 53.2 Å². The molecule has 3 nitrogen and oxygen atoms in total. The van der Waals surface area contributed by atoms with Gasteiger partial charge in [-0.25, -0.2) is 0 Å². The fraction of sp³-hybridized carbons (Fsp3) is 0.0714. The minimum absolute atomic E-state index is 0.0426. The summed E-state index contributed by atoms with van der Waals surface area (Å²) in [4.78, 5) is 0. The number of phenolic OH excluding ortho intramolecular Hbond substituents is 1. The molecule has 0 bridgehead atoms. The van der Waals surface area contributed by atoms with Crippen molar-refractivity contribution in [1.29, 1.82) is 5.26 Å². The molecule has 0 spiro atoms. The van der Waals surface area contributed by atoms with Gasteiger partial charge in [0.2, 0.25) is 0 Å². The van der Waals surface area contributed by atoms with Crippen LogP contribution in [0.25, 0.3) is 11.1 Å². The fourth-order valence-corrected chi connectivity index (χ4v) is 1.90. The third-order valence-corrected chi connectivity index (χ3v) is 2.76. The number of ether oxygens (including phenoxy) is 1. The molecule has 2 aromatic carbocycles. The summed E-state index contributed by atoms with van der Waals surface area (Å²) in [5.74, 6) is 0.637. The molecule has 0 radical (unpaired) electrons. The molecule has 90 valence electrons. The number of phenols is 1. The van der Waals surface area contributed by atoms with Crippen LogP contribution in [0.15, 0.2) is 36.4 Å². The van der Waals surface area contributed by atoms with Gasteiger partial charge in [0.15, 0.2) is 0 Å². The molecule has 0 saturated carbocycles. The maximum atomic E-state index is 9.59. The second kappa shape index (κ2) is 4.99. The van der Waals surface area contributed by atoms with Crippen molar-refractivity contribution in [3.63, 3.8) is 0 Å². The van der Waals surface area contributed by atoms with Crippen LogP contribution >= 0.6 is 11.6 Å². The molecule has 0 heterocycles. The average Bonchev–Trinajstić information content (AvgIpc) is 2.37. The van der Waals surface area contributed by atoms with Crippen LogP contribution in [0.1, 0.15) is 5.56 Å². The second-order valence-corrected chi connectivity index (χ2v) is 4.16. The van der Waals surface area contributed by atoms with Crippen LogP contribution < -0.4 is 4.74 Å². The first-order valence-corrected chi connectivity index (χ1v) is 5.60. The highest BCUT2D eigenvalue weighted by Crippen LogP contribution is 2.34. The lowest BCUT2D eigenvalue weighted by Gasteiger charge is -2.09. The number of hydrogen-bond acceptors (Lipinski definition) is 3. The lowest BCUT2D eigenvalue weighted by atomic mass is 10.0. The number of aromatic hydroxyl groups is 1. The van der Waals surface area contributed by atoms with Gasteiger partial charge in [0.1, 0.15) is 11.5 Å². The summed E-state index contributed by atoms with van der Waals surface area (Å²) in [7, 11) is 1.54. The van der Waals surface area contributed by atoms with E-state index < -0.39 is 0 Å². The zero-order valence-corrected chi connectivity index (χ0v) is 10.4. The lowest BCUT2D eigenvalue weighted by Crippen LogP contribution is -1.88. The van der Waals surface area contributed by atoms with E-state index in [0.29, 0.717) is 21.9 Å². The SMILES string of the molecule is COc1cc(Cl)ccc1-c1cc(O)cc(C#N)c1. The zero-order valence-electron chi connectivity index (χ0n) is 9.64. The number of nitriles is 1. The first-order valence-electron chi connectivity index (χ1n) is 5.22. The first kappa shape index (κ1) is 12.3. The molecule has 0 aliphatic rings. The van der Waals surface area contributed by atoms with Crippen molar-refractivity contribution in [3.8, 4) is 28.7 Å². The van der Waals surface area contributed by atoms with Crippen LogP contribution in [0.5, 0.6) is 11.5 Å². The number of rotatable bonds is 2. The van der Waals surface area contributed by atoms with Gasteiger partial charge in [-0.1, -0.05) is 11.6 Å². The van der Waals surface area contributed by atoms with E-state index in [0.717, 1.165) is 5.56 Å². The van der Waals surface area contributed by atoms with E-state index in [4.69, 9.17) is 21.6 Å². The van der Waals surface area contributed by atoms with Crippen molar-refractivity contribution in [2.45, 2.75) is 0 Å². The molecule has 0 atom stereocenters. The molecular weight excluding hydrogens is 250 g/mol. The molecule has 18 heavy (non-hydrogen) atoms. The van der Waals surface area contributed by atoms with Gasteiger partial charge in [0.05, 0.1) is 18.7 Å². The van der Waals surface area contributed by atoms with E-state index >= 15 is 0 Å². The zero-order chi connectivity index (χ0) is 13.1. The van der Waals surface area contributed by atoms with Gasteiger partial charge in [-0.15, -0.1) is 0 Å². The summed E-state index contributed by atoms with van der Waals surface area (Å²) < 4.78 is 5.24. The van der Waals surface area contributed by atoms with Crippen LogP contribution in [-0.4, -0.2) is 12.2 Å². The largest absolute Gasteiger partial charge is 0.508 e. The number of methoxy groups -OCH3 is 1. The molecule has 2 aromatic rings. The molecule has 1 N–H and O–H groups in total. The maximum Gasteiger partial charge on any atom is 0.128 e. The molecule has 0 amide bonds. The van der Waals surface area contributed by atoms with Gasteiger partial charge in [-0.3, -0.25) is 0 Å². The van der Waals surface area contributed by atoms with Gasteiger partial charge in [-0.2, -0.15) is 5.26 Å². The fourth-order valence-electron chi connectivity index (χ4n) is 1.73. The van der Waals surface area contributed by atoms with E-state index in [1.807, 2.05) is 6.07 Å². The molecule has 4 heteroatoms. The molecule has 0 unspecified atom stereocenters. The summed E-state index contributed by atoms with van der Waals surface area (Å²) in [5.41, 5.74) is 1.87. The van der Waals surface area contributed by atoms with E-state index in [1.165, 1.54) is 6.07 Å². The third kappa shape index (κ3) is 2.39. The highest BCUT2D eigenvalue weighted by atomic mass is 35.5. The standard InChI is InChI=1S/C14H10ClNO2/c1-18-14-7-11(15)2-3-13(14)10-4-9(8-16)5-12(17)6-10/h2-7,17H,1H3. The van der Waals surface area contributed by atoms with Crippen molar-refractivity contribution >= 4 is 11.6 Å². The molecule has 0 fully saturated rings. The lowest BCUT2D eigenvalue weighted by molar-refractivity contribution is 0.416. The maximum absolute atomic E-state index is 9.59. The summed E-state index contributed by atoms with van der Waals surface area (Å²) in [6.07, 6.45) is 0. The van der Waals surface area contributed by atoms with Crippen LogP contribution in [0, 0.1) is 11.3 Å². The predicted octanol–water partition coefficient (Wildman–Crippen LogP) is 3.59. The predicted molar refractivity (Wildman–Crippen MR) is 69.8 cm³/mol. The summed E-state index contributed by atoms with van der Waals surface area (Å²) in [5, 5.41) is 19.0. The normalized spacial score (nSPS) is 9.83. The van der Waals surface area contributed by atoms with Crippen LogP contribution in [-0.2, 0) is 0 Å². The van der Waals surface area contributed by atoms with Crippen molar-refractivity contribution in [1.82, 2.24) is 0 Å². The minimum atomic E-state index is 0.0426. The van der Waals surface area contributed by atoms with Gasteiger partial charge < -0.3 is 9.84 Å². The van der Waals surface area contributed by atoms with Gasteiger partial charge in [0.25, 0.3) is 0 Å². The second-order valence-electron chi connectivity index (χ2n) is 3.72. The molecule has 2 rings (SSSR count). The third-order valence-electron chi connectivity index (χ3n) is 2.52. The highest BCUT2D eigenvalue weighted by molar-refractivity contribution is 6.30. The summed E-state index contributed by atoms with van der Waals surface area (Å²) >= 11 is 5.89. The van der Waals surface area contributed by atoms with Crippen LogP contribution in [0.4, 0.5) is 0 Å². The Bertz CT molecular complexity index is 632. The van der Waals surface area contributed by atoms with Crippen molar-refractivity contribution in [2.75, 3.05) is 7.11 Å². The Hall–Kier alpha value is -2.18. The van der Waals surface area contributed by atoms with E-state index in [2.05, 4.69) is 0 Å². The Balaban J connectivity index is 2.62. The Labute approximate surface area is 110 Å². The average molecular weight is 260 g/mol. The van der Waals surface area contributed by atoms with E-state index in [9.17, 15) is 5.11 Å². The first-order chi connectivity index (χ1) is 8.63. The summed E-state index contributed by atoms with van der Waals surface area (Å²) in [6, 6.07) is 11.9. The van der Waals surface area contributed by atoms with Crippen molar-refractivity contribution in [2.24, 2.45) is 0 Å². The molecule has 0 aliphatic carbocycles. The van der Waals surface area contributed by atoms with Gasteiger partial charge >= 0.3 is 0 Å². The number of benzene rings is 2. The van der Waals surface area contributed by atoms with Crippen molar-refractivity contribution in [3.05, 3.63) is 47.0 Å². The number of nitrogens with zero attached hydrogens (tertiary/aromatic N) is 1. The van der Waals surface area contributed by atoms with Crippen LogP contribution in [0.2, 0.25) is 5.02 Å². The number of halogens is 1. The Morgan fingerprint density at radius 2 is 2.00 bits per heavy atom. The van der Waals surface area contributed by atoms with Crippen LogP contribution in [0.3, 0.4) is 0 Å². The molecule has 0 aliphatic heterocycles. The van der Waals surface area contributed by atoms with Gasteiger partial charge in [0, 0.05) is 10.6 Å². The van der Waals surface area contributed by atoms with Gasteiger partial charge in [-0.05, 0) is 42.0 Å². The molecule has 0 saturated heterocycles. The van der Waals surface area contributed by atoms with E-state index in [-0.39, 0.29) is 5.75 Å².